The van der Waals surface area contributed by atoms with E-state index in [-0.39, 0.29) is 63.1 Å². The Hall–Kier alpha value is -6.37. The molecule has 2 heterocycles. The Bertz CT molecular complexity index is 1850. The zero-order valence-electron chi connectivity index (χ0n) is 27.6. The standard InChI is InChI=1S/C32H38N6O13/c1-36-12-8-19(25(43)30(36)48)27(45)33-10-14-38(15-11-34-28(46)20-9-13-37(2)31(49)26(20)44)16-17(4-3-5-22(39)40)35-29(47)18-6-7-21(32(50)51)24(42)23(18)41/h6-9,12-13,17,41-44H,3-5,10-11,14-16H2,1-2H3,(H,33,45)(H,34,46)(H,35,47)(H,39,40)(H,50,51). The molecule has 0 aliphatic carbocycles. The lowest BCUT2D eigenvalue weighted by Crippen LogP contribution is -2.48. The van der Waals surface area contributed by atoms with Crippen LogP contribution >= 0.6 is 0 Å². The van der Waals surface area contributed by atoms with E-state index in [9.17, 15) is 59.1 Å². The van der Waals surface area contributed by atoms with Crippen molar-refractivity contribution in [3.8, 4) is 23.0 Å². The SMILES string of the molecule is Cn1ccc(C(=O)NCCN(CCNC(=O)c2ccn(C)c(=O)c2O)CC(CCCC(=O)O)NC(=O)c2ccc(C(=O)O)c(O)c2O)c(O)c1=O. The number of carboxylic acids is 2. The summed E-state index contributed by atoms with van der Waals surface area (Å²) in [5.41, 5.74) is -3.25. The van der Waals surface area contributed by atoms with Gasteiger partial charge < -0.3 is 55.7 Å². The average Bonchev–Trinajstić information content (AvgIpc) is 3.06. The minimum Gasteiger partial charge on any atom is -0.504 e. The van der Waals surface area contributed by atoms with E-state index in [1.807, 2.05) is 0 Å². The van der Waals surface area contributed by atoms with Crippen LogP contribution in [0.3, 0.4) is 0 Å². The van der Waals surface area contributed by atoms with Crippen molar-refractivity contribution in [3.05, 3.63) is 79.6 Å². The van der Waals surface area contributed by atoms with E-state index in [0.717, 1.165) is 21.3 Å². The fourth-order valence-electron chi connectivity index (χ4n) is 4.96. The molecule has 0 saturated heterocycles. The first-order chi connectivity index (χ1) is 24.0. The normalized spacial score (nSPS) is 11.5. The van der Waals surface area contributed by atoms with Crippen LogP contribution in [0.4, 0.5) is 0 Å². The van der Waals surface area contributed by atoms with E-state index in [1.165, 1.54) is 38.6 Å². The minimum absolute atomic E-state index is 0.0364. The van der Waals surface area contributed by atoms with Crippen LogP contribution in [0.25, 0.3) is 0 Å². The molecule has 19 heteroatoms. The van der Waals surface area contributed by atoms with Gasteiger partial charge in [0.2, 0.25) is 0 Å². The number of carbonyl (C=O) groups is 5. The molecule has 1 unspecified atom stereocenters. The molecular weight excluding hydrogens is 676 g/mol. The predicted octanol–water partition coefficient (Wildman–Crippen LogP) is -0.880. The number of nitrogens with zero attached hydrogens (tertiary/aromatic N) is 3. The van der Waals surface area contributed by atoms with E-state index in [2.05, 4.69) is 16.0 Å². The first-order valence-electron chi connectivity index (χ1n) is 15.4. The van der Waals surface area contributed by atoms with Crippen molar-refractivity contribution in [2.75, 3.05) is 32.7 Å². The maximum Gasteiger partial charge on any atom is 0.339 e. The van der Waals surface area contributed by atoms with E-state index < -0.39 is 80.9 Å². The lowest BCUT2D eigenvalue weighted by atomic mass is 10.1. The Balaban J connectivity index is 1.82. The monoisotopic (exact) mass is 714 g/mol. The van der Waals surface area contributed by atoms with Gasteiger partial charge in [-0.25, -0.2) is 4.79 Å². The van der Waals surface area contributed by atoms with Crippen LogP contribution in [0.1, 0.15) is 60.7 Å². The van der Waals surface area contributed by atoms with Crippen LogP contribution in [0.2, 0.25) is 0 Å². The lowest BCUT2D eigenvalue weighted by molar-refractivity contribution is -0.137. The summed E-state index contributed by atoms with van der Waals surface area (Å²) in [4.78, 5) is 87.0. The fourth-order valence-corrected chi connectivity index (χ4v) is 4.96. The second kappa shape index (κ2) is 17.3. The number of nitrogens with one attached hydrogen (secondary N) is 3. The van der Waals surface area contributed by atoms with Gasteiger partial charge in [0.25, 0.3) is 28.8 Å². The third kappa shape index (κ3) is 10.1. The van der Waals surface area contributed by atoms with Crippen molar-refractivity contribution in [2.24, 2.45) is 14.1 Å². The summed E-state index contributed by atoms with van der Waals surface area (Å²) in [6.45, 7) is -0.134. The van der Waals surface area contributed by atoms with Crippen LogP contribution in [-0.4, -0.2) is 113 Å². The number of aliphatic carboxylic acids is 1. The highest BCUT2D eigenvalue weighted by atomic mass is 16.4. The Morgan fingerprint density at radius 2 is 1.14 bits per heavy atom. The maximum absolute atomic E-state index is 13.2. The molecule has 1 atom stereocenters. The molecule has 0 saturated carbocycles. The number of hydrogen-bond acceptors (Lipinski definition) is 12. The molecule has 0 bridgehead atoms. The maximum atomic E-state index is 13.2. The third-order valence-electron chi connectivity index (χ3n) is 7.79. The second-order valence-corrected chi connectivity index (χ2v) is 11.4. The number of phenolic OH excluding ortho intramolecular Hbond substituents is 1. The van der Waals surface area contributed by atoms with Gasteiger partial charge in [-0.2, -0.15) is 0 Å². The van der Waals surface area contributed by atoms with Gasteiger partial charge in [0.05, 0.1) is 16.7 Å². The van der Waals surface area contributed by atoms with Crippen molar-refractivity contribution in [2.45, 2.75) is 25.3 Å². The molecule has 19 nitrogen and oxygen atoms in total. The number of benzene rings is 1. The fraction of sp³-hybridized carbons (Fsp3) is 0.344. The van der Waals surface area contributed by atoms with Crippen LogP contribution in [-0.2, 0) is 18.9 Å². The molecule has 0 spiro atoms. The number of phenols is 2. The van der Waals surface area contributed by atoms with E-state index in [0.29, 0.717) is 0 Å². The van der Waals surface area contributed by atoms with Gasteiger partial charge in [0.1, 0.15) is 5.56 Å². The number of carboxylic acid groups (broad SMARTS) is 2. The molecule has 3 rings (SSSR count). The smallest absolute Gasteiger partial charge is 0.339 e. The summed E-state index contributed by atoms with van der Waals surface area (Å²) >= 11 is 0. The summed E-state index contributed by atoms with van der Waals surface area (Å²) in [6.07, 6.45) is 2.49. The molecule has 0 aliphatic rings. The number of aromatic nitrogens is 2. The quantitative estimate of drug-likeness (QED) is 0.0768. The number of carbonyl (C=O) groups excluding carboxylic acids is 3. The van der Waals surface area contributed by atoms with Crippen molar-refractivity contribution in [1.82, 2.24) is 30.0 Å². The van der Waals surface area contributed by atoms with E-state index >= 15 is 0 Å². The number of amides is 3. The Morgan fingerprint density at radius 3 is 1.61 bits per heavy atom. The lowest BCUT2D eigenvalue weighted by Gasteiger charge is -2.28. The Morgan fingerprint density at radius 1 is 0.686 bits per heavy atom. The van der Waals surface area contributed by atoms with Crippen LogP contribution in [0.5, 0.6) is 23.0 Å². The first-order valence-corrected chi connectivity index (χ1v) is 15.4. The molecule has 274 valence electrons. The first kappa shape index (κ1) is 39.1. The minimum atomic E-state index is -1.55. The predicted molar refractivity (Wildman–Crippen MR) is 177 cm³/mol. The molecule has 1 aromatic carbocycles. The summed E-state index contributed by atoms with van der Waals surface area (Å²) in [5.74, 6) is -8.67. The van der Waals surface area contributed by atoms with Gasteiger partial charge >= 0.3 is 11.9 Å². The number of rotatable bonds is 17. The zero-order valence-corrected chi connectivity index (χ0v) is 27.6. The number of aryl methyl sites for hydroxylation is 2. The second-order valence-electron chi connectivity index (χ2n) is 11.4. The molecule has 51 heavy (non-hydrogen) atoms. The van der Waals surface area contributed by atoms with E-state index in [4.69, 9.17) is 5.11 Å². The Kier molecular flexibility index (Phi) is 13.3. The summed E-state index contributed by atoms with van der Waals surface area (Å²) in [5, 5.41) is 66.9. The topological polar surface area (TPSA) is 290 Å². The molecule has 3 amide bonds. The van der Waals surface area contributed by atoms with E-state index in [1.54, 1.807) is 4.90 Å². The summed E-state index contributed by atoms with van der Waals surface area (Å²) in [7, 11) is 2.78. The number of hydrogen-bond donors (Lipinski definition) is 9. The van der Waals surface area contributed by atoms with Crippen molar-refractivity contribution < 1.29 is 54.6 Å². The van der Waals surface area contributed by atoms with Gasteiger partial charge in [-0.3, -0.25) is 33.7 Å². The number of aromatic carboxylic acids is 1. The highest BCUT2D eigenvalue weighted by molar-refractivity contribution is 6.01. The van der Waals surface area contributed by atoms with Crippen LogP contribution in [0.15, 0.2) is 46.2 Å². The van der Waals surface area contributed by atoms with Crippen LogP contribution in [0, 0.1) is 0 Å². The van der Waals surface area contributed by atoms with Crippen molar-refractivity contribution in [3.63, 3.8) is 0 Å². The molecule has 0 aliphatic heterocycles. The summed E-state index contributed by atoms with van der Waals surface area (Å²) in [6, 6.07) is 3.56. The summed E-state index contributed by atoms with van der Waals surface area (Å²) < 4.78 is 2.16. The van der Waals surface area contributed by atoms with Gasteiger partial charge in [-0.15, -0.1) is 0 Å². The van der Waals surface area contributed by atoms with Gasteiger partial charge in [-0.1, -0.05) is 0 Å². The molecular formula is C32H38N6O13. The van der Waals surface area contributed by atoms with Gasteiger partial charge in [0.15, 0.2) is 23.0 Å². The third-order valence-corrected chi connectivity index (χ3v) is 7.79. The van der Waals surface area contributed by atoms with Crippen molar-refractivity contribution >= 4 is 29.7 Å². The number of pyridine rings is 2. The molecule has 0 radical (unpaired) electrons. The highest BCUT2D eigenvalue weighted by Gasteiger charge is 2.24. The molecule has 3 aromatic rings. The van der Waals surface area contributed by atoms with Crippen molar-refractivity contribution in [1.29, 1.82) is 0 Å². The average molecular weight is 715 g/mol. The Labute approximate surface area is 289 Å². The number of aromatic hydroxyl groups is 4. The highest BCUT2D eigenvalue weighted by Crippen LogP contribution is 2.32. The van der Waals surface area contributed by atoms with Crippen LogP contribution < -0.4 is 27.1 Å². The molecule has 2 aromatic heterocycles. The van der Waals surface area contributed by atoms with Gasteiger partial charge in [-0.05, 0) is 37.1 Å². The largest absolute Gasteiger partial charge is 0.504 e. The molecule has 0 fully saturated rings. The van der Waals surface area contributed by atoms with Gasteiger partial charge in [0, 0.05) is 71.7 Å². The molecule has 9 N–H and O–H groups in total. The zero-order chi connectivity index (χ0) is 38.0.